The van der Waals surface area contributed by atoms with Crippen molar-refractivity contribution in [1.29, 1.82) is 0 Å². The van der Waals surface area contributed by atoms with Gasteiger partial charge in [0.15, 0.2) is 6.10 Å². The summed E-state index contributed by atoms with van der Waals surface area (Å²) >= 11 is 0. The first-order chi connectivity index (χ1) is 36.5. The smallest absolute Gasteiger partial charge is 0.306 e. The Hall–Kier alpha value is -3.67. The van der Waals surface area contributed by atoms with Gasteiger partial charge in [-0.15, -0.1) is 0 Å². The molecule has 6 heteroatoms. The van der Waals surface area contributed by atoms with E-state index in [4.69, 9.17) is 14.2 Å². The molecule has 0 heterocycles. The van der Waals surface area contributed by atoms with Gasteiger partial charge in [0.1, 0.15) is 13.2 Å². The van der Waals surface area contributed by atoms with Crippen molar-refractivity contribution in [2.75, 3.05) is 13.2 Å². The third-order valence-electron chi connectivity index (χ3n) is 13.3. The van der Waals surface area contributed by atoms with Crippen LogP contribution in [0.25, 0.3) is 0 Å². The lowest BCUT2D eigenvalue weighted by molar-refractivity contribution is -0.166. The Morgan fingerprint density at radius 1 is 0.284 bits per heavy atom. The highest BCUT2D eigenvalue weighted by Gasteiger charge is 2.19. The van der Waals surface area contributed by atoms with Crippen LogP contribution in [0.15, 0.2) is 97.2 Å². The molecule has 74 heavy (non-hydrogen) atoms. The molecule has 0 saturated heterocycles. The van der Waals surface area contributed by atoms with Gasteiger partial charge < -0.3 is 14.2 Å². The molecule has 0 bridgehead atoms. The molecule has 1 unspecified atom stereocenters. The van der Waals surface area contributed by atoms with Gasteiger partial charge in [0.05, 0.1) is 0 Å². The van der Waals surface area contributed by atoms with Crippen molar-refractivity contribution in [3.05, 3.63) is 97.2 Å². The monoisotopic (exact) mass is 1030 g/mol. The van der Waals surface area contributed by atoms with Crippen LogP contribution in [0.1, 0.15) is 297 Å². The predicted octanol–water partition coefficient (Wildman–Crippen LogP) is 21.3. The van der Waals surface area contributed by atoms with Gasteiger partial charge in [-0.05, 0) is 109 Å². The highest BCUT2D eigenvalue weighted by molar-refractivity contribution is 5.71. The molecule has 0 spiro atoms. The quantitative estimate of drug-likeness (QED) is 0.0261. The molecule has 0 amide bonds. The Morgan fingerprint density at radius 3 is 0.878 bits per heavy atom. The Bertz CT molecular complexity index is 1460. The number of ether oxygens (including phenoxy) is 3. The highest BCUT2D eigenvalue weighted by Crippen LogP contribution is 2.15. The van der Waals surface area contributed by atoms with Gasteiger partial charge in [-0.25, -0.2) is 0 Å². The number of carbonyl (C=O) groups excluding carboxylic acids is 3. The normalized spacial score (nSPS) is 12.7. The van der Waals surface area contributed by atoms with Crippen molar-refractivity contribution >= 4 is 17.9 Å². The molecule has 6 nitrogen and oxygen atoms in total. The van der Waals surface area contributed by atoms with E-state index in [0.29, 0.717) is 19.3 Å². The van der Waals surface area contributed by atoms with Gasteiger partial charge in [-0.1, -0.05) is 266 Å². The van der Waals surface area contributed by atoms with E-state index in [-0.39, 0.29) is 31.6 Å². The zero-order chi connectivity index (χ0) is 53.6. The van der Waals surface area contributed by atoms with Gasteiger partial charge >= 0.3 is 17.9 Å². The Balaban J connectivity index is 4.48. The molecular weight excluding hydrogens is 913 g/mol. The summed E-state index contributed by atoms with van der Waals surface area (Å²) < 4.78 is 16.8. The number of esters is 3. The molecule has 0 radical (unpaired) electrons. The first-order valence-electron chi connectivity index (χ1n) is 31.2. The van der Waals surface area contributed by atoms with Crippen LogP contribution in [0.4, 0.5) is 0 Å². The van der Waals surface area contributed by atoms with E-state index >= 15 is 0 Å². The van der Waals surface area contributed by atoms with Crippen LogP contribution in [-0.4, -0.2) is 37.2 Å². The summed E-state index contributed by atoms with van der Waals surface area (Å²) in [4.78, 5) is 38.2. The van der Waals surface area contributed by atoms with E-state index in [1.54, 1.807) is 0 Å². The predicted molar refractivity (Wildman–Crippen MR) is 320 cm³/mol. The Labute approximate surface area is 457 Å². The fourth-order valence-corrected chi connectivity index (χ4v) is 8.64. The molecule has 0 N–H and O–H groups in total. The van der Waals surface area contributed by atoms with Crippen LogP contribution in [-0.2, 0) is 28.6 Å². The molecule has 424 valence electrons. The second-order valence-electron chi connectivity index (χ2n) is 20.6. The van der Waals surface area contributed by atoms with Crippen LogP contribution in [0.5, 0.6) is 0 Å². The van der Waals surface area contributed by atoms with E-state index in [2.05, 4.69) is 112 Å². The minimum absolute atomic E-state index is 0.111. The molecular formula is C68H116O6. The molecule has 0 aromatic carbocycles. The number of hydrogen-bond donors (Lipinski definition) is 0. The fourth-order valence-electron chi connectivity index (χ4n) is 8.64. The molecule has 0 aliphatic heterocycles. The second kappa shape index (κ2) is 61.9. The summed E-state index contributed by atoms with van der Waals surface area (Å²) in [5.41, 5.74) is 0. The maximum Gasteiger partial charge on any atom is 0.306 e. The fraction of sp³-hybridized carbons (Fsp3) is 0.721. The zero-order valence-electron chi connectivity index (χ0n) is 48.6. The standard InChI is InChI=1S/C68H116O6/c1-4-7-10-13-16-19-22-25-28-31-33-34-36-37-40-43-46-49-52-55-58-61-67(70)73-64-65(63-72-66(69)60-57-54-51-48-45-42-39-30-27-24-21-18-15-12-9-6-3)74-68(71)62-59-56-53-50-47-44-41-38-35-32-29-26-23-20-17-14-11-8-5-2/h8,11,17,20,26,29-31,33,35,38-39,44,47,53,56,65H,4-7,9-10,12-16,18-19,21-25,27-28,32,34,36-37,40-43,45-46,48-52,54-55,57-64H2,1-3H3/b11-8-,20-17-,29-26-,33-31-,38-35-,39-30-,47-44-,56-53-. The van der Waals surface area contributed by atoms with Gasteiger partial charge in [-0.2, -0.15) is 0 Å². The highest BCUT2D eigenvalue weighted by atomic mass is 16.6. The molecule has 0 fully saturated rings. The number of rotatable bonds is 56. The third-order valence-corrected chi connectivity index (χ3v) is 13.3. The molecule has 1 atom stereocenters. The third kappa shape index (κ3) is 59.2. The van der Waals surface area contributed by atoms with E-state index in [1.165, 1.54) is 161 Å². The van der Waals surface area contributed by atoms with Crippen LogP contribution >= 0.6 is 0 Å². The maximum absolute atomic E-state index is 12.9. The van der Waals surface area contributed by atoms with Gasteiger partial charge in [0.2, 0.25) is 0 Å². The average molecular weight is 1030 g/mol. The number of carbonyl (C=O) groups is 3. The van der Waals surface area contributed by atoms with Gasteiger partial charge in [0.25, 0.3) is 0 Å². The van der Waals surface area contributed by atoms with Crippen LogP contribution < -0.4 is 0 Å². The minimum Gasteiger partial charge on any atom is -0.462 e. The largest absolute Gasteiger partial charge is 0.462 e. The Kier molecular flexibility index (Phi) is 58.8. The van der Waals surface area contributed by atoms with Crippen LogP contribution in [0.2, 0.25) is 0 Å². The first-order valence-corrected chi connectivity index (χ1v) is 31.2. The first kappa shape index (κ1) is 70.3. The van der Waals surface area contributed by atoms with Crippen molar-refractivity contribution in [2.24, 2.45) is 0 Å². The second-order valence-corrected chi connectivity index (χ2v) is 20.6. The Morgan fingerprint density at radius 2 is 0.554 bits per heavy atom. The lowest BCUT2D eigenvalue weighted by Gasteiger charge is -2.18. The molecule has 0 aliphatic carbocycles. The summed E-state index contributed by atoms with van der Waals surface area (Å²) in [6.45, 7) is 6.48. The average Bonchev–Trinajstić information content (AvgIpc) is 3.40. The number of hydrogen-bond acceptors (Lipinski definition) is 6. The summed E-state index contributed by atoms with van der Waals surface area (Å²) in [5.74, 6) is -0.998. The molecule has 0 aromatic heterocycles. The SMILES string of the molecule is CC/C=C\C/C=C\C/C=C\C/C=C\C/C=C\C/C=C\CCC(=O)OC(COC(=O)CCCCCCC/C=C\CCCCCCCCC)COC(=O)CCCCCCCCCCC/C=C\CCCCCCCCCC. The molecule has 0 saturated carbocycles. The summed E-state index contributed by atoms with van der Waals surface area (Å²) in [6.07, 6.45) is 82.8. The van der Waals surface area contributed by atoms with Gasteiger partial charge in [0, 0.05) is 19.3 Å². The van der Waals surface area contributed by atoms with Crippen LogP contribution in [0, 0.1) is 0 Å². The summed E-state index contributed by atoms with van der Waals surface area (Å²) in [7, 11) is 0. The van der Waals surface area contributed by atoms with E-state index in [1.807, 2.05) is 6.08 Å². The lowest BCUT2D eigenvalue weighted by atomic mass is 10.1. The minimum atomic E-state index is -0.824. The maximum atomic E-state index is 12.9. The number of unbranched alkanes of at least 4 members (excludes halogenated alkanes) is 29. The summed E-state index contributed by atoms with van der Waals surface area (Å²) in [6, 6.07) is 0. The van der Waals surface area contributed by atoms with Crippen molar-refractivity contribution in [3.8, 4) is 0 Å². The van der Waals surface area contributed by atoms with Gasteiger partial charge in [-0.3, -0.25) is 14.4 Å². The molecule has 0 aromatic rings. The zero-order valence-corrected chi connectivity index (χ0v) is 48.6. The van der Waals surface area contributed by atoms with E-state index in [0.717, 1.165) is 89.9 Å². The summed E-state index contributed by atoms with van der Waals surface area (Å²) in [5, 5.41) is 0. The van der Waals surface area contributed by atoms with Crippen molar-refractivity contribution in [1.82, 2.24) is 0 Å². The molecule has 0 rings (SSSR count). The van der Waals surface area contributed by atoms with Crippen LogP contribution in [0.3, 0.4) is 0 Å². The van der Waals surface area contributed by atoms with Crippen molar-refractivity contribution in [3.63, 3.8) is 0 Å². The van der Waals surface area contributed by atoms with E-state index < -0.39 is 12.1 Å². The van der Waals surface area contributed by atoms with Crippen molar-refractivity contribution < 1.29 is 28.6 Å². The number of allylic oxidation sites excluding steroid dienone is 16. The lowest BCUT2D eigenvalue weighted by Crippen LogP contribution is -2.30. The topological polar surface area (TPSA) is 78.9 Å². The molecule has 0 aliphatic rings. The van der Waals surface area contributed by atoms with E-state index in [9.17, 15) is 14.4 Å². The van der Waals surface area contributed by atoms with Crippen molar-refractivity contribution in [2.45, 2.75) is 303 Å².